The Bertz CT molecular complexity index is 1240. The van der Waals surface area contributed by atoms with Gasteiger partial charge in [-0.15, -0.1) is 17.0 Å². The Hall–Kier alpha value is -2.46. The average Bonchev–Trinajstić information content (AvgIpc) is 2.99. The molecule has 0 amide bonds. The van der Waals surface area contributed by atoms with Crippen LogP contribution in [0.3, 0.4) is 0 Å². The van der Waals surface area contributed by atoms with Gasteiger partial charge in [0.2, 0.25) is 10.0 Å². The van der Waals surface area contributed by atoms with E-state index in [1.54, 1.807) is 23.1 Å². The second kappa shape index (κ2) is 10.0. The quantitative estimate of drug-likeness (QED) is 0.493. The number of aryl methyl sites for hydroxylation is 1. The number of pyridine rings is 1. The minimum atomic E-state index is -3.45. The van der Waals surface area contributed by atoms with E-state index in [1.165, 1.54) is 0 Å². The molecule has 0 spiro atoms. The van der Waals surface area contributed by atoms with Gasteiger partial charge in [0.25, 0.3) is 0 Å². The Morgan fingerprint density at radius 1 is 1.26 bits per heavy atom. The lowest BCUT2D eigenvalue weighted by atomic mass is 9.84. The maximum absolute atomic E-state index is 13.2. The monoisotopic (exact) mass is 552 g/mol. The van der Waals surface area contributed by atoms with Crippen molar-refractivity contribution in [1.82, 2.24) is 9.88 Å². The summed E-state index contributed by atoms with van der Waals surface area (Å²) in [5.74, 6) is 0.809. The van der Waals surface area contributed by atoms with Gasteiger partial charge in [0.05, 0.1) is 30.8 Å². The third-order valence-electron chi connectivity index (χ3n) is 5.64. The Morgan fingerprint density at radius 2 is 1.91 bits per heavy atom. The number of carbonyl (C=O) groups is 1. The lowest BCUT2D eigenvalue weighted by Crippen LogP contribution is -2.30. The van der Waals surface area contributed by atoms with Crippen molar-refractivity contribution in [1.29, 1.82) is 5.41 Å². The number of anilines is 1. The van der Waals surface area contributed by atoms with E-state index in [2.05, 4.69) is 9.71 Å². The number of nitrogens with zero attached hydrogens (tertiary/aromatic N) is 2. The van der Waals surface area contributed by atoms with Crippen LogP contribution in [-0.4, -0.2) is 49.3 Å². The number of benzene rings is 1. The molecule has 0 bridgehead atoms. The minimum absolute atomic E-state index is 0. The standard InChI is InChI=1S/C24H32N4O4S.BrH/c1-8-32-22-14(2)17-12-28(23(25)21(17)26-15(22)3)13-20(29)16-9-10-19(27-33(7,30)31)18(11-16)24(4,5)6;/h9-11,25,27H,8,12-13H2,1-7H3;1H. The summed E-state index contributed by atoms with van der Waals surface area (Å²) in [4.78, 5) is 19.5. The van der Waals surface area contributed by atoms with E-state index in [0.29, 0.717) is 30.1 Å². The fourth-order valence-electron chi connectivity index (χ4n) is 4.06. The van der Waals surface area contributed by atoms with Crippen LogP contribution in [-0.2, 0) is 22.0 Å². The molecular formula is C24H33BrN4O4S. The highest BCUT2D eigenvalue weighted by molar-refractivity contribution is 8.93. The number of carbonyl (C=O) groups excluding carboxylic acids is 1. The van der Waals surface area contributed by atoms with Gasteiger partial charge in [0.15, 0.2) is 5.78 Å². The molecule has 8 nitrogen and oxygen atoms in total. The maximum Gasteiger partial charge on any atom is 0.229 e. The van der Waals surface area contributed by atoms with Crippen LogP contribution in [0.5, 0.6) is 5.75 Å². The lowest BCUT2D eigenvalue weighted by Gasteiger charge is -2.24. The number of halogens is 1. The van der Waals surface area contributed by atoms with Gasteiger partial charge >= 0.3 is 0 Å². The van der Waals surface area contributed by atoms with Gasteiger partial charge in [-0.05, 0) is 49.9 Å². The van der Waals surface area contributed by atoms with Crippen molar-refractivity contribution in [2.24, 2.45) is 0 Å². The molecule has 2 aromatic rings. The van der Waals surface area contributed by atoms with Crippen molar-refractivity contribution in [3.8, 4) is 5.75 Å². The van der Waals surface area contributed by atoms with Crippen molar-refractivity contribution in [3.63, 3.8) is 0 Å². The zero-order valence-electron chi connectivity index (χ0n) is 20.7. The Balaban J connectivity index is 0.00000408. The smallest absolute Gasteiger partial charge is 0.229 e. The van der Waals surface area contributed by atoms with Crippen molar-refractivity contribution < 1.29 is 17.9 Å². The van der Waals surface area contributed by atoms with Crippen molar-refractivity contribution in [3.05, 3.63) is 51.8 Å². The van der Waals surface area contributed by atoms with Crippen LogP contribution in [0.2, 0.25) is 0 Å². The molecule has 10 heteroatoms. The predicted molar refractivity (Wildman–Crippen MR) is 140 cm³/mol. The maximum atomic E-state index is 13.2. The summed E-state index contributed by atoms with van der Waals surface area (Å²) in [6.07, 6.45) is 1.10. The summed E-state index contributed by atoms with van der Waals surface area (Å²) in [5.41, 5.74) is 4.45. The van der Waals surface area contributed by atoms with Gasteiger partial charge in [-0.3, -0.25) is 14.9 Å². The Kier molecular flexibility index (Phi) is 8.20. The first-order valence-corrected chi connectivity index (χ1v) is 12.7. The number of rotatable bonds is 7. The minimum Gasteiger partial charge on any atom is -0.492 e. The number of sulfonamides is 1. The van der Waals surface area contributed by atoms with Crippen LogP contribution in [0.1, 0.15) is 66.1 Å². The molecule has 0 saturated carbocycles. The van der Waals surface area contributed by atoms with E-state index in [-0.39, 0.29) is 40.6 Å². The third-order valence-corrected chi connectivity index (χ3v) is 6.24. The van der Waals surface area contributed by atoms with E-state index in [0.717, 1.165) is 34.4 Å². The number of amidine groups is 1. The molecule has 0 saturated heterocycles. The summed E-state index contributed by atoms with van der Waals surface area (Å²) in [6, 6.07) is 4.99. The van der Waals surface area contributed by atoms with Gasteiger partial charge in [-0.1, -0.05) is 20.8 Å². The number of fused-ring (bicyclic) bond motifs is 1. The fraction of sp³-hybridized carbons (Fsp3) is 0.458. The van der Waals surface area contributed by atoms with Crippen LogP contribution < -0.4 is 9.46 Å². The number of hydrogen-bond donors (Lipinski definition) is 2. The summed E-state index contributed by atoms with van der Waals surface area (Å²) in [6.45, 7) is 12.6. The average molecular weight is 554 g/mol. The van der Waals surface area contributed by atoms with Crippen molar-refractivity contribution in [2.45, 2.75) is 53.5 Å². The zero-order valence-corrected chi connectivity index (χ0v) is 23.2. The second-order valence-electron chi connectivity index (χ2n) is 9.42. The summed E-state index contributed by atoms with van der Waals surface area (Å²) >= 11 is 0. The number of aromatic nitrogens is 1. The molecule has 0 unspecified atom stereocenters. The number of ether oxygens (including phenoxy) is 1. The highest BCUT2D eigenvalue weighted by atomic mass is 79.9. The number of hydrogen-bond acceptors (Lipinski definition) is 6. The van der Waals surface area contributed by atoms with Gasteiger partial charge in [-0.2, -0.15) is 0 Å². The molecule has 0 fully saturated rings. The molecular weight excluding hydrogens is 520 g/mol. The third kappa shape index (κ3) is 5.78. The first kappa shape index (κ1) is 27.8. The molecule has 2 heterocycles. The SMILES string of the molecule is Br.CCOc1c(C)nc2c(c1C)CN(CC(=O)c1ccc(NS(C)(=O)=O)c(C(C)(C)C)c1)C2=N. The topological polar surface area (TPSA) is 112 Å². The first-order valence-electron chi connectivity index (χ1n) is 10.8. The van der Waals surface area contributed by atoms with Crippen LogP contribution in [0, 0.1) is 19.3 Å². The van der Waals surface area contributed by atoms with E-state index in [9.17, 15) is 13.2 Å². The van der Waals surface area contributed by atoms with Gasteiger partial charge in [0, 0.05) is 23.2 Å². The number of Topliss-reactive ketones (excluding diaryl/α,β-unsaturated/α-hetero) is 1. The molecule has 0 atom stereocenters. The van der Waals surface area contributed by atoms with Gasteiger partial charge < -0.3 is 9.64 Å². The predicted octanol–water partition coefficient (Wildman–Crippen LogP) is 4.37. The Morgan fingerprint density at radius 3 is 2.47 bits per heavy atom. The molecule has 34 heavy (non-hydrogen) atoms. The first-order chi connectivity index (χ1) is 15.2. The number of nitrogens with one attached hydrogen (secondary N) is 2. The van der Waals surface area contributed by atoms with Crippen molar-refractivity contribution in [2.75, 3.05) is 24.1 Å². The van der Waals surface area contributed by atoms with Crippen LogP contribution >= 0.6 is 17.0 Å². The highest BCUT2D eigenvalue weighted by Crippen LogP contribution is 2.34. The molecule has 1 aromatic heterocycles. The fourth-order valence-corrected chi connectivity index (χ4v) is 4.64. The van der Waals surface area contributed by atoms with E-state index < -0.39 is 10.0 Å². The number of ketones is 1. The molecule has 0 radical (unpaired) electrons. The second-order valence-corrected chi connectivity index (χ2v) is 11.2. The van der Waals surface area contributed by atoms with Crippen LogP contribution in [0.4, 0.5) is 5.69 Å². The van der Waals surface area contributed by atoms with Crippen LogP contribution in [0.15, 0.2) is 18.2 Å². The summed E-state index contributed by atoms with van der Waals surface area (Å²) in [7, 11) is -3.45. The molecule has 3 rings (SSSR count). The molecule has 1 aliphatic heterocycles. The van der Waals surface area contributed by atoms with E-state index in [1.807, 2.05) is 41.5 Å². The summed E-state index contributed by atoms with van der Waals surface area (Å²) in [5, 5.41) is 8.58. The molecule has 1 aromatic carbocycles. The molecule has 2 N–H and O–H groups in total. The molecule has 0 aliphatic carbocycles. The van der Waals surface area contributed by atoms with Crippen molar-refractivity contribution >= 4 is 44.3 Å². The molecule has 1 aliphatic rings. The highest BCUT2D eigenvalue weighted by Gasteiger charge is 2.31. The Labute approximate surface area is 212 Å². The van der Waals surface area contributed by atoms with Gasteiger partial charge in [0.1, 0.15) is 17.3 Å². The lowest BCUT2D eigenvalue weighted by molar-refractivity contribution is 0.0962. The molecule has 186 valence electrons. The summed E-state index contributed by atoms with van der Waals surface area (Å²) < 4.78 is 31.8. The normalized spacial score (nSPS) is 13.4. The van der Waals surface area contributed by atoms with Crippen LogP contribution in [0.25, 0.3) is 0 Å². The van der Waals surface area contributed by atoms with E-state index in [4.69, 9.17) is 10.1 Å². The largest absolute Gasteiger partial charge is 0.492 e. The van der Waals surface area contributed by atoms with E-state index >= 15 is 0 Å². The van der Waals surface area contributed by atoms with Gasteiger partial charge in [-0.25, -0.2) is 13.4 Å². The zero-order chi connectivity index (χ0) is 24.7.